The number of hydrogen-bond acceptors (Lipinski definition) is 4. The molecule has 118 valence electrons. The van der Waals surface area contributed by atoms with E-state index >= 15 is 0 Å². The summed E-state index contributed by atoms with van der Waals surface area (Å²) < 4.78 is 26.7. The van der Waals surface area contributed by atoms with Gasteiger partial charge in [-0.3, -0.25) is 0 Å². The summed E-state index contributed by atoms with van der Waals surface area (Å²) in [6.45, 7) is 1.99. The highest BCUT2D eigenvalue weighted by Crippen LogP contribution is 2.22. The van der Waals surface area contributed by atoms with E-state index in [1.54, 1.807) is 12.1 Å². The summed E-state index contributed by atoms with van der Waals surface area (Å²) in [4.78, 5) is 2.51. The second-order valence-electron chi connectivity index (χ2n) is 5.86. The Morgan fingerprint density at radius 1 is 1.14 bits per heavy atom. The van der Waals surface area contributed by atoms with Crippen LogP contribution in [0.15, 0.2) is 29.2 Å². The smallest absolute Gasteiger partial charge is 0.240 e. The van der Waals surface area contributed by atoms with Crippen molar-refractivity contribution < 1.29 is 8.42 Å². The molecule has 0 aliphatic heterocycles. The highest BCUT2D eigenvalue weighted by molar-refractivity contribution is 7.89. The van der Waals surface area contributed by atoms with E-state index in [-0.39, 0.29) is 6.04 Å². The highest BCUT2D eigenvalue weighted by atomic mass is 32.2. The van der Waals surface area contributed by atoms with Crippen LogP contribution in [0.2, 0.25) is 0 Å². The van der Waals surface area contributed by atoms with E-state index in [0.717, 1.165) is 44.5 Å². The molecule has 1 aliphatic carbocycles. The quantitative estimate of drug-likeness (QED) is 0.684. The number of anilines is 1. The van der Waals surface area contributed by atoms with Crippen LogP contribution < -0.4 is 10.0 Å². The Kier molecular flexibility index (Phi) is 5.61. The largest absolute Gasteiger partial charge is 0.385 e. The predicted molar refractivity (Wildman–Crippen MR) is 86.1 cm³/mol. The van der Waals surface area contributed by atoms with Gasteiger partial charge in [0.25, 0.3) is 0 Å². The summed E-state index contributed by atoms with van der Waals surface area (Å²) in [7, 11) is 0.808. The second-order valence-corrected chi connectivity index (χ2v) is 7.57. The second kappa shape index (κ2) is 7.24. The molecule has 1 aliphatic rings. The first-order valence-electron chi connectivity index (χ1n) is 7.48. The first-order chi connectivity index (χ1) is 9.97. The molecule has 2 N–H and O–H groups in total. The number of nitrogens with one attached hydrogen (secondary N) is 2. The molecular weight excluding hydrogens is 286 g/mol. The van der Waals surface area contributed by atoms with Crippen molar-refractivity contribution in [1.29, 1.82) is 0 Å². The maximum absolute atomic E-state index is 12.0. The van der Waals surface area contributed by atoms with Gasteiger partial charge < -0.3 is 10.2 Å². The van der Waals surface area contributed by atoms with Crippen molar-refractivity contribution >= 4 is 15.7 Å². The minimum Gasteiger partial charge on any atom is -0.385 e. The lowest BCUT2D eigenvalue weighted by Gasteiger charge is -2.10. The van der Waals surface area contributed by atoms with Crippen LogP contribution in [-0.4, -0.2) is 46.5 Å². The van der Waals surface area contributed by atoms with E-state index < -0.39 is 10.0 Å². The molecule has 0 heterocycles. The van der Waals surface area contributed by atoms with E-state index in [1.165, 1.54) is 0 Å². The lowest BCUT2D eigenvalue weighted by Crippen LogP contribution is -2.25. The zero-order valence-corrected chi connectivity index (χ0v) is 13.6. The van der Waals surface area contributed by atoms with Crippen molar-refractivity contribution in [2.45, 2.75) is 36.6 Å². The number of sulfonamides is 1. The third-order valence-corrected chi connectivity index (χ3v) is 4.96. The lowest BCUT2D eigenvalue weighted by atomic mass is 10.2. The number of rotatable bonds is 9. The standard InChI is InChI=1S/C15H25N3O2S/c1-18(2)12-4-3-11-16-13-7-9-15(10-8-13)21(19,20)17-14-5-6-14/h7-10,14,16-17H,3-6,11-12H2,1-2H3. The van der Waals surface area contributed by atoms with Gasteiger partial charge in [0, 0.05) is 18.3 Å². The monoisotopic (exact) mass is 311 g/mol. The van der Waals surface area contributed by atoms with Crippen LogP contribution in [-0.2, 0) is 10.0 Å². The van der Waals surface area contributed by atoms with Gasteiger partial charge in [0.1, 0.15) is 0 Å². The van der Waals surface area contributed by atoms with Gasteiger partial charge in [0.15, 0.2) is 0 Å². The van der Waals surface area contributed by atoms with Crippen LogP contribution >= 0.6 is 0 Å². The van der Waals surface area contributed by atoms with Gasteiger partial charge in [0.05, 0.1) is 4.90 Å². The molecule has 0 saturated heterocycles. The fourth-order valence-electron chi connectivity index (χ4n) is 2.03. The zero-order chi connectivity index (χ0) is 15.3. The summed E-state index contributed by atoms with van der Waals surface area (Å²) in [5.41, 5.74) is 0.963. The van der Waals surface area contributed by atoms with E-state index in [0.29, 0.717) is 4.90 Å². The van der Waals surface area contributed by atoms with Crippen LogP contribution in [0.5, 0.6) is 0 Å². The molecule has 21 heavy (non-hydrogen) atoms. The molecule has 2 rings (SSSR count). The summed E-state index contributed by atoms with van der Waals surface area (Å²) in [5.74, 6) is 0. The Morgan fingerprint density at radius 3 is 2.38 bits per heavy atom. The van der Waals surface area contributed by atoms with Crippen LogP contribution in [0, 0.1) is 0 Å². The highest BCUT2D eigenvalue weighted by Gasteiger charge is 2.27. The Hall–Kier alpha value is -1.11. The van der Waals surface area contributed by atoms with Crippen LogP contribution in [0.4, 0.5) is 5.69 Å². The number of benzene rings is 1. The van der Waals surface area contributed by atoms with Crippen molar-refractivity contribution in [1.82, 2.24) is 9.62 Å². The van der Waals surface area contributed by atoms with E-state index in [9.17, 15) is 8.42 Å². The zero-order valence-electron chi connectivity index (χ0n) is 12.8. The fraction of sp³-hybridized carbons (Fsp3) is 0.600. The average molecular weight is 311 g/mol. The van der Waals surface area contributed by atoms with Crippen molar-refractivity contribution in [2.24, 2.45) is 0 Å². The Bertz CT molecular complexity index is 537. The summed E-state index contributed by atoms with van der Waals surface area (Å²) >= 11 is 0. The van der Waals surface area contributed by atoms with Gasteiger partial charge in [0.2, 0.25) is 10.0 Å². The topological polar surface area (TPSA) is 61.4 Å². The molecule has 0 amide bonds. The normalized spacial score (nSPS) is 15.4. The molecule has 1 aromatic carbocycles. The van der Waals surface area contributed by atoms with Crippen molar-refractivity contribution in [2.75, 3.05) is 32.5 Å². The summed E-state index contributed by atoms with van der Waals surface area (Å²) in [5, 5.41) is 3.32. The van der Waals surface area contributed by atoms with Gasteiger partial charge in [-0.05, 0) is 70.6 Å². The summed E-state index contributed by atoms with van der Waals surface area (Å²) in [6, 6.07) is 7.12. The molecule has 1 saturated carbocycles. The summed E-state index contributed by atoms with van der Waals surface area (Å²) in [6.07, 6.45) is 4.15. The first kappa shape index (κ1) is 16.3. The Balaban J connectivity index is 1.78. The number of hydrogen-bond donors (Lipinski definition) is 2. The number of nitrogens with zero attached hydrogens (tertiary/aromatic N) is 1. The maximum Gasteiger partial charge on any atom is 0.240 e. The van der Waals surface area contributed by atoms with E-state index in [1.807, 2.05) is 12.1 Å². The molecule has 0 radical (unpaired) electrons. The Morgan fingerprint density at radius 2 is 1.81 bits per heavy atom. The van der Waals surface area contributed by atoms with Gasteiger partial charge in [-0.1, -0.05) is 0 Å². The van der Waals surface area contributed by atoms with Gasteiger partial charge in [-0.2, -0.15) is 0 Å². The third-order valence-electron chi connectivity index (χ3n) is 3.43. The molecule has 6 heteroatoms. The number of unbranched alkanes of at least 4 members (excludes halogenated alkanes) is 1. The minimum atomic E-state index is -3.34. The molecule has 0 spiro atoms. The predicted octanol–water partition coefficient (Wildman–Crippen LogP) is 1.88. The Labute approximate surface area is 127 Å². The molecule has 0 bridgehead atoms. The van der Waals surface area contributed by atoms with Gasteiger partial charge in [-0.15, -0.1) is 0 Å². The molecule has 0 unspecified atom stereocenters. The average Bonchev–Trinajstić information content (AvgIpc) is 3.22. The SMILES string of the molecule is CN(C)CCCCNc1ccc(S(=O)(=O)NC2CC2)cc1. The van der Waals surface area contributed by atoms with Crippen molar-refractivity contribution in [3.05, 3.63) is 24.3 Å². The van der Waals surface area contributed by atoms with E-state index in [4.69, 9.17) is 0 Å². The van der Waals surface area contributed by atoms with Crippen LogP contribution in [0.1, 0.15) is 25.7 Å². The minimum absolute atomic E-state index is 0.143. The maximum atomic E-state index is 12.0. The molecule has 1 aromatic rings. The van der Waals surface area contributed by atoms with Crippen molar-refractivity contribution in [3.63, 3.8) is 0 Å². The van der Waals surface area contributed by atoms with Gasteiger partial charge >= 0.3 is 0 Å². The first-order valence-corrected chi connectivity index (χ1v) is 8.97. The molecular formula is C15H25N3O2S. The van der Waals surface area contributed by atoms with Crippen molar-refractivity contribution in [3.8, 4) is 0 Å². The third kappa shape index (κ3) is 5.65. The lowest BCUT2D eigenvalue weighted by molar-refractivity contribution is 0.396. The van der Waals surface area contributed by atoms with Crippen LogP contribution in [0.3, 0.4) is 0 Å². The fourth-order valence-corrected chi connectivity index (χ4v) is 3.33. The van der Waals surface area contributed by atoms with E-state index in [2.05, 4.69) is 29.0 Å². The molecule has 0 aromatic heterocycles. The molecule has 0 atom stereocenters. The van der Waals surface area contributed by atoms with Gasteiger partial charge in [-0.25, -0.2) is 13.1 Å². The molecule has 1 fully saturated rings. The molecule has 5 nitrogen and oxygen atoms in total. The van der Waals surface area contributed by atoms with Crippen LogP contribution in [0.25, 0.3) is 0 Å².